The molecule has 0 spiro atoms. The van der Waals surface area contributed by atoms with Crippen molar-refractivity contribution in [2.24, 2.45) is 0 Å². The summed E-state index contributed by atoms with van der Waals surface area (Å²) < 4.78 is 26.1. The first-order chi connectivity index (χ1) is 8.12. The van der Waals surface area contributed by atoms with Gasteiger partial charge in [0.1, 0.15) is 0 Å². The minimum Gasteiger partial charge on any atom is -0.278 e. The van der Waals surface area contributed by atoms with Crippen molar-refractivity contribution in [2.45, 2.75) is 18.4 Å². The number of aromatic nitrogens is 2. The molecule has 17 heavy (non-hydrogen) atoms. The van der Waals surface area contributed by atoms with Crippen LogP contribution in [0, 0.1) is 0 Å². The average molecular weight is 251 g/mol. The van der Waals surface area contributed by atoms with Gasteiger partial charge in [-0.25, -0.2) is 0 Å². The highest BCUT2D eigenvalue weighted by atomic mass is 32.2. The molecule has 0 fully saturated rings. The quantitative estimate of drug-likeness (QED) is 0.869. The molecule has 2 aromatic rings. The van der Waals surface area contributed by atoms with Gasteiger partial charge >= 0.3 is 0 Å². The van der Waals surface area contributed by atoms with Crippen LogP contribution in [0.2, 0.25) is 0 Å². The molecule has 1 heterocycles. The standard InChI is InChI=1S/C11H13N3O2S/c1-2-9-3-5-10(6-4-9)14-17(15,16)11-7-8-12-13-11/h3-8,14H,2H2,1H3,(H,12,13). The van der Waals surface area contributed by atoms with E-state index in [9.17, 15) is 8.42 Å². The summed E-state index contributed by atoms with van der Waals surface area (Å²) in [7, 11) is -3.56. The fourth-order valence-electron chi connectivity index (χ4n) is 1.41. The minimum atomic E-state index is -3.56. The fraction of sp³-hybridized carbons (Fsp3) is 0.182. The maximum atomic E-state index is 11.8. The number of nitrogens with zero attached hydrogens (tertiary/aromatic N) is 1. The van der Waals surface area contributed by atoms with E-state index in [0.29, 0.717) is 5.69 Å². The van der Waals surface area contributed by atoms with Crippen LogP contribution in [0.25, 0.3) is 0 Å². The summed E-state index contributed by atoms with van der Waals surface area (Å²) in [6, 6.07) is 8.68. The molecule has 0 unspecified atom stereocenters. The van der Waals surface area contributed by atoms with Gasteiger partial charge in [-0.3, -0.25) is 9.82 Å². The second kappa shape index (κ2) is 4.58. The van der Waals surface area contributed by atoms with E-state index in [4.69, 9.17) is 0 Å². The molecule has 0 aliphatic heterocycles. The molecule has 0 aliphatic rings. The third kappa shape index (κ3) is 2.65. The first kappa shape index (κ1) is 11.7. The number of hydrogen-bond donors (Lipinski definition) is 2. The lowest BCUT2D eigenvalue weighted by molar-refractivity contribution is 0.597. The second-order valence-electron chi connectivity index (χ2n) is 3.58. The lowest BCUT2D eigenvalue weighted by Gasteiger charge is -2.06. The number of hydrogen-bond acceptors (Lipinski definition) is 3. The Labute approximate surface area is 99.9 Å². The monoisotopic (exact) mass is 251 g/mol. The number of aromatic amines is 1. The van der Waals surface area contributed by atoms with Crippen LogP contribution in [0.5, 0.6) is 0 Å². The number of sulfonamides is 1. The van der Waals surface area contributed by atoms with Gasteiger partial charge in [-0.2, -0.15) is 13.5 Å². The van der Waals surface area contributed by atoms with Crippen molar-refractivity contribution >= 4 is 15.7 Å². The zero-order valence-electron chi connectivity index (χ0n) is 9.34. The number of benzene rings is 1. The van der Waals surface area contributed by atoms with Crippen molar-refractivity contribution in [1.29, 1.82) is 0 Å². The first-order valence-electron chi connectivity index (χ1n) is 5.23. The zero-order valence-corrected chi connectivity index (χ0v) is 10.2. The number of rotatable bonds is 4. The molecule has 1 aromatic heterocycles. The summed E-state index contributed by atoms with van der Waals surface area (Å²) in [6.45, 7) is 2.05. The Balaban J connectivity index is 2.21. The predicted octanol–water partition coefficient (Wildman–Crippen LogP) is 1.77. The summed E-state index contributed by atoms with van der Waals surface area (Å²) in [5, 5.41) is 6.09. The lowest BCUT2D eigenvalue weighted by Crippen LogP contribution is -2.13. The SMILES string of the molecule is CCc1ccc(NS(=O)(=O)c2ccn[nH]2)cc1. The Hall–Kier alpha value is -1.82. The molecule has 0 atom stereocenters. The Morgan fingerprint density at radius 3 is 2.47 bits per heavy atom. The fourth-order valence-corrected chi connectivity index (χ4v) is 2.38. The largest absolute Gasteiger partial charge is 0.278 e. The molecule has 5 nitrogen and oxygen atoms in total. The molecule has 0 aliphatic carbocycles. The van der Waals surface area contributed by atoms with Crippen LogP contribution in [-0.2, 0) is 16.4 Å². The highest BCUT2D eigenvalue weighted by Gasteiger charge is 2.14. The number of nitrogens with one attached hydrogen (secondary N) is 2. The Kier molecular flexibility index (Phi) is 3.14. The second-order valence-corrected chi connectivity index (χ2v) is 5.23. The van der Waals surface area contributed by atoms with E-state index in [0.717, 1.165) is 12.0 Å². The van der Waals surface area contributed by atoms with Crippen LogP contribution in [0.1, 0.15) is 12.5 Å². The van der Waals surface area contributed by atoms with Crippen LogP contribution in [0.4, 0.5) is 5.69 Å². The summed E-state index contributed by atoms with van der Waals surface area (Å²) in [5.74, 6) is 0. The summed E-state index contributed by atoms with van der Waals surface area (Å²) in [5.41, 5.74) is 1.70. The number of aryl methyl sites for hydroxylation is 1. The average Bonchev–Trinajstić information content (AvgIpc) is 2.84. The van der Waals surface area contributed by atoms with Crippen molar-refractivity contribution in [1.82, 2.24) is 10.2 Å². The lowest BCUT2D eigenvalue weighted by atomic mass is 10.2. The highest BCUT2D eigenvalue weighted by Crippen LogP contribution is 2.14. The molecule has 0 amide bonds. The van der Waals surface area contributed by atoms with E-state index in [2.05, 4.69) is 14.9 Å². The van der Waals surface area contributed by atoms with Crippen molar-refractivity contribution < 1.29 is 8.42 Å². The van der Waals surface area contributed by atoms with Crippen molar-refractivity contribution in [2.75, 3.05) is 4.72 Å². The highest BCUT2D eigenvalue weighted by molar-refractivity contribution is 7.92. The van der Waals surface area contributed by atoms with Crippen LogP contribution >= 0.6 is 0 Å². The topological polar surface area (TPSA) is 74.8 Å². The molecule has 0 bridgehead atoms. The summed E-state index contributed by atoms with van der Waals surface area (Å²) in [6.07, 6.45) is 2.32. The molecule has 0 saturated carbocycles. The van der Waals surface area contributed by atoms with Crippen LogP contribution in [-0.4, -0.2) is 18.6 Å². The molecule has 0 saturated heterocycles. The molecule has 90 valence electrons. The smallest absolute Gasteiger partial charge is 0.278 e. The van der Waals surface area contributed by atoms with Crippen molar-refractivity contribution in [3.8, 4) is 0 Å². The van der Waals surface area contributed by atoms with E-state index >= 15 is 0 Å². The maximum Gasteiger partial charge on any atom is 0.278 e. The Bertz CT molecular complexity index is 574. The molecule has 6 heteroatoms. The number of H-pyrrole nitrogens is 1. The molecule has 2 rings (SSSR count). The van der Waals surface area contributed by atoms with Gasteiger partial charge < -0.3 is 0 Å². The van der Waals surface area contributed by atoms with E-state index < -0.39 is 10.0 Å². The van der Waals surface area contributed by atoms with Gasteiger partial charge in [0.25, 0.3) is 10.0 Å². The van der Waals surface area contributed by atoms with Gasteiger partial charge in [-0.05, 0) is 30.2 Å². The first-order valence-corrected chi connectivity index (χ1v) is 6.71. The van der Waals surface area contributed by atoms with E-state index in [1.54, 1.807) is 12.1 Å². The molecule has 0 radical (unpaired) electrons. The Morgan fingerprint density at radius 2 is 1.94 bits per heavy atom. The maximum absolute atomic E-state index is 11.8. The van der Waals surface area contributed by atoms with E-state index in [-0.39, 0.29) is 5.03 Å². The van der Waals surface area contributed by atoms with Gasteiger partial charge in [0.05, 0.1) is 6.20 Å². The molecule has 1 aromatic carbocycles. The molecule has 2 N–H and O–H groups in total. The van der Waals surface area contributed by atoms with E-state index in [1.165, 1.54) is 12.3 Å². The van der Waals surface area contributed by atoms with Crippen LogP contribution in [0.3, 0.4) is 0 Å². The van der Waals surface area contributed by atoms with Crippen LogP contribution < -0.4 is 4.72 Å². The van der Waals surface area contributed by atoms with Crippen LogP contribution in [0.15, 0.2) is 41.6 Å². The minimum absolute atomic E-state index is 0.0528. The predicted molar refractivity (Wildman–Crippen MR) is 65.2 cm³/mol. The third-order valence-corrected chi connectivity index (χ3v) is 3.69. The zero-order chi connectivity index (χ0) is 12.3. The number of anilines is 1. The van der Waals surface area contributed by atoms with Crippen molar-refractivity contribution in [3.63, 3.8) is 0 Å². The van der Waals surface area contributed by atoms with Gasteiger partial charge in [0.15, 0.2) is 5.03 Å². The van der Waals surface area contributed by atoms with Crippen molar-refractivity contribution in [3.05, 3.63) is 42.1 Å². The summed E-state index contributed by atoms with van der Waals surface area (Å²) in [4.78, 5) is 0. The normalized spacial score (nSPS) is 11.4. The van der Waals surface area contributed by atoms with Gasteiger partial charge in [0, 0.05) is 5.69 Å². The van der Waals surface area contributed by atoms with E-state index in [1.807, 2.05) is 19.1 Å². The summed E-state index contributed by atoms with van der Waals surface area (Å²) >= 11 is 0. The van der Waals surface area contributed by atoms with Gasteiger partial charge in [-0.15, -0.1) is 0 Å². The molecular formula is C11H13N3O2S. The van der Waals surface area contributed by atoms with Gasteiger partial charge in [-0.1, -0.05) is 19.1 Å². The third-order valence-electron chi connectivity index (χ3n) is 2.38. The van der Waals surface area contributed by atoms with Gasteiger partial charge in [0.2, 0.25) is 0 Å². The Morgan fingerprint density at radius 1 is 1.24 bits per heavy atom. The molecular weight excluding hydrogens is 238 g/mol.